The second-order valence-corrected chi connectivity index (χ2v) is 5.70. The number of H-pyrrole nitrogens is 1. The molecule has 0 saturated heterocycles. The summed E-state index contributed by atoms with van der Waals surface area (Å²) in [5.74, 6) is 2.46. The first-order valence-electron chi connectivity index (χ1n) is 5.04. The molecule has 0 unspecified atom stereocenters. The highest BCUT2D eigenvalue weighted by Crippen LogP contribution is 2.25. The molecule has 2 aromatic rings. The summed E-state index contributed by atoms with van der Waals surface area (Å²) in [6.07, 6.45) is 0.727. The zero-order chi connectivity index (χ0) is 11.0. The SMILES string of the molecule is O=c1[nH]c(Cc2cccs2)nc2c1CSC2. The maximum absolute atomic E-state index is 11.8. The minimum atomic E-state index is 0.0431. The van der Waals surface area contributed by atoms with E-state index in [0.717, 1.165) is 35.0 Å². The monoisotopic (exact) mass is 250 g/mol. The van der Waals surface area contributed by atoms with Gasteiger partial charge in [0.05, 0.1) is 5.69 Å². The Labute approximate surface area is 101 Å². The van der Waals surface area contributed by atoms with Crippen molar-refractivity contribution < 1.29 is 0 Å². The average Bonchev–Trinajstić information content (AvgIpc) is 2.87. The molecular formula is C11H10N2OS2. The van der Waals surface area contributed by atoms with E-state index >= 15 is 0 Å². The van der Waals surface area contributed by atoms with Crippen molar-refractivity contribution in [3.63, 3.8) is 0 Å². The maximum Gasteiger partial charge on any atom is 0.255 e. The molecule has 1 aliphatic rings. The zero-order valence-electron chi connectivity index (χ0n) is 8.53. The van der Waals surface area contributed by atoms with E-state index in [4.69, 9.17) is 0 Å². The van der Waals surface area contributed by atoms with Crippen LogP contribution in [0.2, 0.25) is 0 Å². The van der Waals surface area contributed by atoms with Crippen LogP contribution in [-0.2, 0) is 17.9 Å². The van der Waals surface area contributed by atoms with Gasteiger partial charge in [0, 0.05) is 28.4 Å². The molecule has 1 aliphatic heterocycles. The van der Waals surface area contributed by atoms with E-state index in [1.165, 1.54) is 4.88 Å². The first-order valence-corrected chi connectivity index (χ1v) is 7.07. The molecule has 3 heterocycles. The Bertz CT molecular complexity index is 560. The van der Waals surface area contributed by atoms with Crippen LogP contribution in [0.3, 0.4) is 0 Å². The molecule has 0 saturated carbocycles. The van der Waals surface area contributed by atoms with Gasteiger partial charge in [-0.25, -0.2) is 4.98 Å². The molecule has 0 spiro atoms. The van der Waals surface area contributed by atoms with Gasteiger partial charge >= 0.3 is 0 Å². The minimum absolute atomic E-state index is 0.0431. The number of nitrogens with one attached hydrogen (secondary N) is 1. The topological polar surface area (TPSA) is 45.8 Å². The van der Waals surface area contributed by atoms with E-state index in [9.17, 15) is 4.79 Å². The average molecular weight is 250 g/mol. The van der Waals surface area contributed by atoms with Crippen molar-refractivity contribution in [3.8, 4) is 0 Å². The third kappa shape index (κ3) is 1.81. The summed E-state index contributed by atoms with van der Waals surface area (Å²) in [7, 11) is 0. The lowest BCUT2D eigenvalue weighted by atomic mass is 10.2. The van der Waals surface area contributed by atoms with Gasteiger partial charge < -0.3 is 4.98 Å². The number of thioether (sulfide) groups is 1. The molecule has 0 amide bonds. The molecule has 0 aromatic carbocycles. The molecule has 0 fully saturated rings. The molecule has 82 valence electrons. The summed E-state index contributed by atoms with van der Waals surface area (Å²) >= 11 is 3.44. The van der Waals surface area contributed by atoms with Gasteiger partial charge in [0.25, 0.3) is 5.56 Å². The van der Waals surface area contributed by atoms with Gasteiger partial charge in [-0.15, -0.1) is 11.3 Å². The molecular weight excluding hydrogens is 240 g/mol. The van der Waals surface area contributed by atoms with Crippen LogP contribution in [0.25, 0.3) is 0 Å². The van der Waals surface area contributed by atoms with Gasteiger partial charge in [0.15, 0.2) is 0 Å². The van der Waals surface area contributed by atoms with Crippen molar-refractivity contribution in [2.45, 2.75) is 17.9 Å². The van der Waals surface area contributed by atoms with Gasteiger partial charge in [-0.3, -0.25) is 4.79 Å². The third-order valence-electron chi connectivity index (χ3n) is 2.56. The van der Waals surface area contributed by atoms with Gasteiger partial charge in [-0.2, -0.15) is 11.8 Å². The Morgan fingerprint density at radius 3 is 3.19 bits per heavy atom. The van der Waals surface area contributed by atoms with Crippen LogP contribution in [0.1, 0.15) is 22.0 Å². The molecule has 1 N–H and O–H groups in total. The third-order valence-corrected chi connectivity index (χ3v) is 4.40. The summed E-state index contributed by atoms with van der Waals surface area (Å²) in [6, 6.07) is 4.08. The van der Waals surface area contributed by atoms with Crippen LogP contribution in [0.15, 0.2) is 22.3 Å². The van der Waals surface area contributed by atoms with E-state index in [1.54, 1.807) is 23.1 Å². The Balaban J connectivity index is 1.97. The first kappa shape index (κ1) is 10.1. The molecule has 0 aliphatic carbocycles. The van der Waals surface area contributed by atoms with Crippen molar-refractivity contribution in [3.05, 3.63) is 49.8 Å². The number of nitrogens with zero attached hydrogens (tertiary/aromatic N) is 1. The molecule has 0 bridgehead atoms. The van der Waals surface area contributed by atoms with E-state index in [-0.39, 0.29) is 5.56 Å². The van der Waals surface area contributed by atoms with E-state index < -0.39 is 0 Å². The summed E-state index contributed by atoms with van der Waals surface area (Å²) in [5, 5.41) is 2.04. The fraction of sp³-hybridized carbons (Fsp3) is 0.273. The van der Waals surface area contributed by atoms with Gasteiger partial charge in [0.1, 0.15) is 5.82 Å². The van der Waals surface area contributed by atoms with Crippen LogP contribution in [0, 0.1) is 0 Å². The largest absolute Gasteiger partial charge is 0.310 e. The van der Waals surface area contributed by atoms with Crippen molar-refractivity contribution in [1.82, 2.24) is 9.97 Å². The second kappa shape index (κ2) is 4.07. The lowest BCUT2D eigenvalue weighted by Gasteiger charge is -2.01. The molecule has 5 heteroatoms. The minimum Gasteiger partial charge on any atom is -0.310 e. The van der Waals surface area contributed by atoms with Crippen LogP contribution >= 0.6 is 23.1 Å². The van der Waals surface area contributed by atoms with Crippen LogP contribution in [0.5, 0.6) is 0 Å². The van der Waals surface area contributed by atoms with Crippen molar-refractivity contribution >= 4 is 23.1 Å². The molecule has 16 heavy (non-hydrogen) atoms. The number of rotatable bonds is 2. The number of thiophene rings is 1. The lowest BCUT2D eigenvalue weighted by Crippen LogP contribution is -2.17. The predicted octanol–water partition coefficient (Wildman–Crippen LogP) is 2.17. The maximum atomic E-state index is 11.8. The van der Waals surface area contributed by atoms with Gasteiger partial charge in [-0.1, -0.05) is 6.07 Å². The van der Waals surface area contributed by atoms with Gasteiger partial charge in [0.2, 0.25) is 0 Å². The number of fused-ring (bicyclic) bond motifs is 1. The van der Waals surface area contributed by atoms with Crippen molar-refractivity contribution in [2.24, 2.45) is 0 Å². The molecule has 0 radical (unpaired) electrons. The second-order valence-electron chi connectivity index (χ2n) is 3.69. The first-order chi connectivity index (χ1) is 7.83. The number of aromatic amines is 1. The van der Waals surface area contributed by atoms with Gasteiger partial charge in [-0.05, 0) is 11.4 Å². The standard InChI is InChI=1S/C11H10N2OS2/c14-11-8-5-15-6-9(8)12-10(13-11)4-7-2-1-3-16-7/h1-3H,4-6H2,(H,12,13,14). The highest BCUT2D eigenvalue weighted by atomic mass is 32.2. The summed E-state index contributed by atoms with van der Waals surface area (Å²) in [5.41, 5.74) is 1.88. The molecule has 2 aromatic heterocycles. The van der Waals surface area contributed by atoms with Crippen molar-refractivity contribution in [1.29, 1.82) is 0 Å². The fourth-order valence-electron chi connectivity index (χ4n) is 1.78. The number of hydrogen-bond acceptors (Lipinski definition) is 4. The van der Waals surface area contributed by atoms with Crippen LogP contribution in [0.4, 0.5) is 0 Å². The van der Waals surface area contributed by atoms with Crippen LogP contribution in [-0.4, -0.2) is 9.97 Å². The Hall–Kier alpha value is -1.07. The van der Waals surface area contributed by atoms with E-state index in [1.807, 2.05) is 11.4 Å². The Kier molecular flexibility index (Phi) is 2.57. The van der Waals surface area contributed by atoms with E-state index in [0.29, 0.717) is 0 Å². The zero-order valence-corrected chi connectivity index (χ0v) is 10.2. The van der Waals surface area contributed by atoms with Crippen LogP contribution < -0.4 is 5.56 Å². The highest BCUT2D eigenvalue weighted by Gasteiger charge is 2.17. The Morgan fingerprint density at radius 2 is 2.38 bits per heavy atom. The highest BCUT2D eigenvalue weighted by molar-refractivity contribution is 7.98. The fourth-order valence-corrected chi connectivity index (χ4v) is 3.52. The lowest BCUT2D eigenvalue weighted by molar-refractivity contribution is 0.911. The summed E-state index contributed by atoms with van der Waals surface area (Å²) in [4.78, 5) is 20.4. The molecule has 3 nitrogen and oxygen atoms in total. The predicted molar refractivity (Wildman–Crippen MR) is 67.0 cm³/mol. The number of aromatic nitrogens is 2. The van der Waals surface area contributed by atoms with Crippen molar-refractivity contribution in [2.75, 3.05) is 0 Å². The Morgan fingerprint density at radius 1 is 1.44 bits per heavy atom. The smallest absolute Gasteiger partial charge is 0.255 e. The number of hydrogen-bond donors (Lipinski definition) is 1. The van der Waals surface area contributed by atoms with E-state index in [2.05, 4.69) is 16.0 Å². The summed E-state index contributed by atoms with van der Waals surface area (Å²) in [6.45, 7) is 0. The quantitative estimate of drug-likeness (QED) is 0.888. The normalized spacial score (nSPS) is 14.0. The molecule has 0 atom stereocenters. The summed E-state index contributed by atoms with van der Waals surface area (Å²) < 4.78 is 0. The molecule has 3 rings (SSSR count).